The summed E-state index contributed by atoms with van der Waals surface area (Å²) in [6.07, 6.45) is 0. The van der Waals surface area contributed by atoms with Crippen molar-refractivity contribution in [1.29, 1.82) is 0 Å². The number of halogens is 3. The average Bonchev–Trinajstić information content (AvgIpc) is 3.22. The molecule has 0 amide bonds. The molecule has 0 radical (unpaired) electrons. The van der Waals surface area contributed by atoms with E-state index < -0.39 is 5.82 Å². The quantitative estimate of drug-likeness (QED) is 0.466. The van der Waals surface area contributed by atoms with Crippen LogP contribution in [-0.4, -0.2) is 20.0 Å². The number of nitrogens with two attached hydrogens (primary N) is 1. The number of aromatic nitrogens is 4. The fraction of sp³-hybridized carbons (Fsp3) is 0. The van der Waals surface area contributed by atoms with Crippen molar-refractivity contribution in [3.8, 4) is 27.6 Å². The van der Waals surface area contributed by atoms with Crippen LogP contribution in [0.25, 0.3) is 27.6 Å². The van der Waals surface area contributed by atoms with Gasteiger partial charge in [-0.15, -0.1) is 16.4 Å². The number of nitrogen functional groups attached to an aromatic ring is 1. The Hall–Kier alpha value is -2.29. The zero-order chi connectivity index (χ0) is 18.3. The van der Waals surface area contributed by atoms with Gasteiger partial charge in [-0.05, 0) is 24.3 Å². The van der Waals surface area contributed by atoms with E-state index in [9.17, 15) is 4.39 Å². The molecule has 2 aromatic heterocycles. The molecular formula is C17H10BrClFN5S. The molecule has 0 unspecified atom stereocenters. The molecular weight excluding hydrogens is 441 g/mol. The van der Waals surface area contributed by atoms with Gasteiger partial charge in [0.25, 0.3) is 0 Å². The Morgan fingerprint density at radius 3 is 2.77 bits per heavy atom. The summed E-state index contributed by atoms with van der Waals surface area (Å²) in [6.45, 7) is 0. The molecule has 9 heteroatoms. The molecule has 2 N–H and O–H groups in total. The van der Waals surface area contributed by atoms with Gasteiger partial charge in [0.05, 0.1) is 5.69 Å². The Balaban J connectivity index is 1.75. The van der Waals surface area contributed by atoms with Crippen LogP contribution in [0.3, 0.4) is 0 Å². The molecule has 0 fully saturated rings. The van der Waals surface area contributed by atoms with Crippen LogP contribution >= 0.6 is 38.9 Å². The van der Waals surface area contributed by atoms with Gasteiger partial charge in [-0.3, -0.25) is 0 Å². The van der Waals surface area contributed by atoms with E-state index in [1.807, 2.05) is 23.6 Å². The molecule has 5 nitrogen and oxygen atoms in total. The SMILES string of the molecule is Nc1c(-c2nc(-c3ccccc3Cl)cs2)nnn1-c1ccc(Br)cc1F. The summed E-state index contributed by atoms with van der Waals surface area (Å²) in [5.41, 5.74) is 8.31. The highest BCUT2D eigenvalue weighted by molar-refractivity contribution is 9.10. The predicted octanol–water partition coefficient (Wildman–Crippen LogP) is 5.20. The van der Waals surface area contributed by atoms with Gasteiger partial charge >= 0.3 is 0 Å². The van der Waals surface area contributed by atoms with Gasteiger partial charge in [-0.25, -0.2) is 9.37 Å². The second kappa shape index (κ2) is 6.79. The van der Waals surface area contributed by atoms with Crippen molar-refractivity contribution in [3.63, 3.8) is 0 Å². The smallest absolute Gasteiger partial charge is 0.165 e. The van der Waals surface area contributed by atoms with Crippen LogP contribution in [0.5, 0.6) is 0 Å². The van der Waals surface area contributed by atoms with Crippen molar-refractivity contribution >= 4 is 44.7 Å². The Morgan fingerprint density at radius 2 is 2.00 bits per heavy atom. The first-order valence-corrected chi connectivity index (χ1v) is 9.47. The van der Waals surface area contributed by atoms with E-state index in [0.29, 0.717) is 20.2 Å². The van der Waals surface area contributed by atoms with Crippen LogP contribution in [0.2, 0.25) is 5.02 Å². The van der Waals surface area contributed by atoms with Crippen molar-refractivity contribution in [2.75, 3.05) is 5.73 Å². The number of hydrogen-bond donors (Lipinski definition) is 1. The molecule has 0 aliphatic rings. The van der Waals surface area contributed by atoms with Crippen LogP contribution in [0.4, 0.5) is 10.2 Å². The molecule has 26 heavy (non-hydrogen) atoms. The highest BCUT2D eigenvalue weighted by atomic mass is 79.9. The van der Waals surface area contributed by atoms with Gasteiger partial charge < -0.3 is 5.73 Å². The number of rotatable bonds is 3. The molecule has 0 aliphatic heterocycles. The minimum Gasteiger partial charge on any atom is -0.382 e. The molecule has 0 saturated carbocycles. The standard InChI is InChI=1S/C17H10BrClFN5S/c18-9-5-6-14(12(20)7-9)25-16(21)15(23-24-25)17-22-13(8-26-17)10-3-1-2-4-11(10)19/h1-8H,21H2. The Bertz CT molecular complexity index is 1110. The first-order chi connectivity index (χ1) is 12.5. The van der Waals surface area contributed by atoms with Crippen molar-refractivity contribution < 1.29 is 4.39 Å². The maximum Gasteiger partial charge on any atom is 0.165 e. The van der Waals surface area contributed by atoms with Crippen molar-refractivity contribution in [1.82, 2.24) is 20.0 Å². The number of nitrogens with zero attached hydrogens (tertiary/aromatic N) is 4. The molecule has 0 spiro atoms. The molecule has 0 saturated heterocycles. The maximum absolute atomic E-state index is 14.2. The zero-order valence-electron chi connectivity index (χ0n) is 13.0. The maximum atomic E-state index is 14.2. The number of thiazole rings is 1. The molecule has 4 aromatic rings. The van der Waals surface area contributed by atoms with E-state index in [0.717, 1.165) is 11.3 Å². The van der Waals surface area contributed by atoms with E-state index in [4.69, 9.17) is 17.3 Å². The topological polar surface area (TPSA) is 69.6 Å². The lowest BCUT2D eigenvalue weighted by Crippen LogP contribution is -2.04. The summed E-state index contributed by atoms with van der Waals surface area (Å²) >= 11 is 10.8. The number of benzene rings is 2. The second-order valence-corrected chi connectivity index (χ2v) is 7.53. The third-order valence-electron chi connectivity index (χ3n) is 3.70. The molecule has 0 aliphatic carbocycles. The van der Waals surface area contributed by atoms with Crippen LogP contribution in [0.1, 0.15) is 0 Å². The normalized spacial score (nSPS) is 11.0. The third kappa shape index (κ3) is 3.00. The average molecular weight is 451 g/mol. The van der Waals surface area contributed by atoms with E-state index in [1.165, 1.54) is 22.1 Å². The highest BCUT2D eigenvalue weighted by Crippen LogP contribution is 2.34. The molecule has 2 aromatic carbocycles. The summed E-state index contributed by atoms with van der Waals surface area (Å²) in [5, 5.41) is 11.1. The largest absolute Gasteiger partial charge is 0.382 e. The lowest BCUT2D eigenvalue weighted by molar-refractivity contribution is 0.607. The molecule has 4 rings (SSSR count). The lowest BCUT2D eigenvalue weighted by atomic mass is 10.2. The Morgan fingerprint density at radius 1 is 1.19 bits per heavy atom. The fourth-order valence-corrected chi connectivity index (χ4v) is 3.82. The van der Waals surface area contributed by atoms with Crippen LogP contribution in [-0.2, 0) is 0 Å². The molecule has 0 bridgehead atoms. The van der Waals surface area contributed by atoms with Gasteiger partial charge in [0.15, 0.2) is 11.5 Å². The first-order valence-electron chi connectivity index (χ1n) is 7.42. The van der Waals surface area contributed by atoms with E-state index >= 15 is 0 Å². The van der Waals surface area contributed by atoms with E-state index in [2.05, 4.69) is 31.2 Å². The molecule has 2 heterocycles. The van der Waals surface area contributed by atoms with Gasteiger partial charge in [0.2, 0.25) is 0 Å². The summed E-state index contributed by atoms with van der Waals surface area (Å²) in [7, 11) is 0. The van der Waals surface area contributed by atoms with Gasteiger partial charge in [0.1, 0.15) is 16.5 Å². The minimum atomic E-state index is -0.460. The summed E-state index contributed by atoms with van der Waals surface area (Å²) in [6, 6.07) is 12.1. The molecule has 130 valence electrons. The molecule has 0 atom stereocenters. The summed E-state index contributed by atoms with van der Waals surface area (Å²) in [5.74, 6) is -0.246. The fourth-order valence-electron chi connectivity index (χ4n) is 2.45. The van der Waals surface area contributed by atoms with E-state index in [-0.39, 0.29) is 11.5 Å². The van der Waals surface area contributed by atoms with Crippen LogP contribution in [0, 0.1) is 5.82 Å². The Labute approximate surface area is 165 Å². The highest BCUT2D eigenvalue weighted by Gasteiger charge is 2.19. The summed E-state index contributed by atoms with van der Waals surface area (Å²) in [4.78, 5) is 4.55. The predicted molar refractivity (Wildman–Crippen MR) is 105 cm³/mol. The van der Waals surface area contributed by atoms with Crippen molar-refractivity contribution in [3.05, 3.63) is 63.2 Å². The monoisotopic (exact) mass is 449 g/mol. The second-order valence-electron chi connectivity index (χ2n) is 5.35. The van der Waals surface area contributed by atoms with Gasteiger partial charge in [-0.2, -0.15) is 4.68 Å². The Kier molecular flexibility index (Phi) is 4.47. The first kappa shape index (κ1) is 17.1. The third-order valence-corrected chi connectivity index (χ3v) is 5.37. The lowest BCUT2D eigenvalue weighted by Gasteiger charge is -2.04. The minimum absolute atomic E-state index is 0.214. The zero-order valence-corrected chi connectivity index (χ0v) is 16.2. The number of anilines is 1. The van der Waals surface area contributed by atoms with E-state index in [1.54, 1.807) is 18.2 Å². The number of hydrogen-bond acceptors (Lipinski definition) is 5. The van der Waals surface area contributed by atoms with Gasteiger partial charge in [-0.1, -0.05) is 50.9 Å². The van der Waals surface area contributed by atoms with Crippen LogP contribution in [0.15, 0.2) is 52.3 Å². The van der Waals surface area contributed by atoms with Gasteiger partial charge in [0, 0.05) is 20.4 Å². The van der Waals surface area contributed by atoms with Crippen LogP contribution < -0.4 is 5.73 Å². The van der Waals surface area contributed by atoms with Crippen molar-refractivity contribution in [2.24, 2.45) is 0 Å². The van der Waals surface area contributed by atoms with Crippen molar-refractivity contribution in [2.45, 2.75) is 0 Å². The summed E-state index contributed by atoms with van der Waals surface area (Å²) < 4.78 is 16.1.